The van der Waals surface area contributed by atoms with Crippen molar-refractivity contribution < 1.29 is 9.53 Å². The van der Waals surface area contributed by atoms with Gasteiger partial charge in [0.2, 0.25) is 0 Å². The van der Waals surface area contributed by atoms with Crippen LogP contribution in [0.3, 0.4) is 0 Å². The third-order valence-electron chi connectivity index (χ3n) is 6.80. The Kier molecular flexibility index (Phi) is 6.61. The fourth-order valence-corrected chi connectivity index (χ4v) is 5.46. The summed E-state index contributed by atoms with van der Waals surface area (Å²) in [5, 5.41) is 0.799. The number of carbonyl (C=O) groups excluding carboxylic acids is 1. The van der Waals surface area contributed by atoms with Gasteiger partial charge in [0.05, 0.1) is 0 Å². The Balaban J connectivity index is 1.41. The Bertz CT molecular complexity index is 725. The normalized spacial score (nSPS) is 26.6. The van der Waals surface area contributed by atoms with E-state index in [1.54, 1.807) is 0 Å². The molecule has 3 aliphatic heterocycles. The molecular weight excluding hydrogens is 398 g/mol. The van der Waals surface area contributed by atoms with Crippen LogP contribution in [0.4, 0.5) is 4.79 Å². The summed E-state index contributed by atoms with van der Waals surface area (Å²) in [6, 6.07) is 10.1. The lowest BCUT2D eigenvalue weighted by Gasteiger charge is -2.49. The van der Waals surface area contributed by atoms with Gasteiger partial charge in [-0.1, -0.05) is 23.7 Å². The second kappa shape index (κ2) is 9.05. The summed E-state index contributed by atoms with van der Waals surface area (Å²) in [5.74, 6) is 0. The van der Waals surface area contributed by atoms with Crippen molar-refractivity contribution in [2.24, 2.45) is 0 Å². The summed E-state index contributed by atoms with van der Waals surface area (Å²) in [6.45, 7) is 10.9. The van der Waals surface area contributed by atoms with Crippen LogP contribution in [0.25, 0.3) is 0 Å². The predicted octanol–water partition coefficient (Wildman–Crippen LogP) is 4.43. The molecule has 3 heterocycles. The van der Waals surface area contributed by atoms with Crippen molar-refractivity contribution in [3.8, 4) is 0 Å². The van der Waals surface area contributed by atoms with E-state index in [-0.39, 0.29) is 6.09 Å². The number of likely N-dealkylation sites (tertiary alicyclic amines) is 1. The molecule has 0 saturated carbocycles. The van der Waals surface area contributed by atoms with Crippen LogP contribution in [-0.2, 0) is 11.2 Å². The monoisotopic (exact) mass is 433 g/mol. The van der Waals surface area contributed by atoms with Crippen LogP contribution in [0.15, 0.2) is 24.3 Å². The average Bonchev–Trinajstić information content (AvgIpc) is 3.15. The minimum absolute atomic E-state index is 0.167. The molecule has 0 radical (unpaired) electrons. The zero-order chi connectivity index (χ0) is 21.3. The molecule has 166 valence electrons. The van der Waals surface area contributed by atoms with E-state index in [9.17, 15) is 4.79 Å². The molecule has 0 aromatic heterocycles. The highest BCUT2D eigenvalue weighted by Gasteiger charge is 2.40. The lowest BCUT2D eigenvalue weighted by molar-refractivity contribution is -0.0119. The lowest BCUT2D eigenvalue weighted by atomic mass is 9.94. The molecule has 0 bridgehead atoms. The summed E-state index contributed by atoms with van der Waals surface area (Å²) in [4.78, 5) is 19.8. The number of halogens is 1. The molecule has 1 aromatic carbocycles. The van der Waals surface area contributed by atoms with Crippen molar-refractivity contribution in [2.75, 3.05) is 32.7 Å². The first-order valence-electron chi connectivity index (χ1n) is 11.5. The van der Waals surface area contributed by atoms with Gasteiger partial charge in [-0.25, -0.2) is 4.79 Å². The Morgan fingerprint density at radius 1 is 1.03 bits per heavy atom. The van der Waals surface area contributed by atoms with E-state index in [4.69, 9.17) is 16.3 Å². The molecule has 6 heteroatoms. The van der Waals surface area contributed by atoms with Crippen LogP contribution in [0.5, 0.6) is 0 Å². The van der Waals surface area contributed by atoms with Crippen LogP contribution < -0.4 is 0 Å². The molecular formula is C24H36ClN3O2. The van der Waals surface area contributed by atoms with Gasteiger partial charge < -0.3 is 9.64 Å². The zero-order valence-electron chi connectivity index (χ0n) is 18.6. The Morgan fingerprint density at radius 2 is 1.73 bits per heavy atom. The number of fused-ring (bicyclic) bond motifs is 1. The highest BCUT2D eigenvalue weighted by molar-refractivity contribution is 6.30. The van der Waals surface area contributed by atoms with Gasteiger partial charge in [0.15, 0.2) is 0 Å². The van der Waals surface area contributed by atoms with Crippen molar-refractivity contribution in [2.45, 2.75) is 76.6 Å². The van der Waals surface area contributed by atoms with Crippen LogP contribution in [0, 0.1) is 0 Å². The highest BCUT2D eigenvalue weighted by atomic mass is 35.5. The van der Waals surface area contributed by atoms with Gasteiger partial charge in [0, 0.05) is 49.3 Å². The molecule has 4 rings (SSSR count). The first-order chi connectivity index (χ1) is 14.3. The van der Waals surface area contributed by atoms with Crippen LogP contribution in [-0.4, -0.2) is 77.2 Å². The van der Waals surface area contributed by atoms with Gasteiger partial charge in [-0.15, -0.1) is 0 Å². The van der Waals surface area contributed by atoms with Crippen molar-refractivity contribution in [1.29, 1.82) is 0 Å². The van der Waals surface area contributed by atoms with E-state index in [0.717, 1.165) is 50.5 Å². The van der Waals surface area contributed by atoms with Crippen LogP contribution >= 0.6 is 11.6 Å². The summed E-state index contributed by atoms with van der Waals surface area (Å²) in [6.07, 6.45) is 5.60. The minimum atomic E-state index is -0.434. The number of hydrogen-bond donors (Lipinski definition) is 0. The third-order valence-corrected chi connectivity index (χ3v) is 7.06. The third kappa shape index (κ3) is 5.30. The maximum absolute atomic E-state index is 12.5. The zero-order valence-corrected chi connectivity index (χ0v) is 19.4. The SMILES string of the molecule is CC(C)(C)OC(=O)N1CCC(N2CC3CCCN3CC2Cc2ccc(Cl)cc2)CC1. The molecule has 2 atom stereocenters. The van der Waals surface area contributed by atoms with E-state index in [2.05, 4.69) is 21.9 Å². The van der Waals surface area contributed by atoms with Gasteiger partial charge in [0.25, 0.3) is 0 Å². The summed E-state index contributed by atoms with van der Waals surface area (Å²) in [5.41, 5.74) is 0.925. The van der Waals surface area contributed by atoms with Gasteiger partial charge in [-0.3, -0.25) is 9.80 Å². The van der Waals surface area contributed by atoms with Crippen molar-refractivity contribution >= 4 is 17.7 Å². The molecule has 2 unspecified atom stereocenters. The predicted molar refractivity (Wildman–Crippen MR) is 121 cm³/mol. The van der Waals surface area contributed by atoms with E-state index in [1.165, 1.54) is 24.9 Å². The number of nitrogens with zero attached hydrogens (tertiary/aromatic N) is 3. The standard InChI is InChI=1S/C24H36ClN3O2/c1-24(2,3)30-23(29)26-13-10-20(11-14-26)28-17-21-5-4-12-27(21)16-22(28)15-18-6-8-19(25)9-7-18/h6-9,20-22H,4-5,10-17H2,1-3H3. The second-order valence-corrected chi connectivity index (χ2v) is 10.6. The molecule has 3 saturated heterocycles. The number of amides is 1. The molecule has 5 nitrogen and oxygen atoms in total. The lowest BCUT2D eigenvalue weighted by Crippen LogP contribution is -2.61. The van der Waals surface area contributed by atoms with Gasteiger partial charge in [-0.05, 0) is 77.1 Å². The summed E-state index contributed by atoms with van der Waals surface area (Å²) < 4.78 is 5.58. The average molecular weight is 434 g/mol. The fourth-order valence-electron chi connectivity index (χ4n) is 5.34. The number of piperidine rings is 1. The van der Waals surface area contributed by atoms with Gasteiger partial charge >= 0.3 is 6.09 Å². The molecule has 0 N–H and O–H groups in total. The minimum Gasteiger partial charge on any atom is -0.444 e. The van der Waals surface area contributed by atoms with E-state index >= 15 is 0 Å². The van der Waals surface area contributed by atoms with Crippen molar-refractivity contribution in [1.82, 2.24) is 14.7 Å². The number of hydrogen-bond acceptors (Lipinski definition) is 4. The number of ether oxygens (including phenoxy) is 1. The maximum atomic E-state index is 12.5. The number of piperazine rings is 1. The smallest absolute Gasteiger partial charge is 0.410 e. The topological polar surface area (TPSA) is 36.0 Å². The number of rotatable bonds is 3. The summed E-state index contributed by atoms with van der Waals surface area (Å²) >= 11 is 6.10. The van der Waals surface area contributed by atoms with Gasteiger partial charge in [0.1, 0.15) is 5.60 Å². The van der Waals surface area contributed by atoms with E-state index in [1.807, 2.05) is 37.8 Å². The first-order valence-corrected chi connectivity index (χ1v) is 11.9. The van der Waals surface area contributed by atoms with Crippen LogP contribution in [0.1, 0.15) is 52.0 Å². The largest absolute Gasteiger partial charge is 0.444 e. The maximum Gasteiger partial charge on any atom is 0.410 e. The molecule has 1 amide bonds. The number of benzene rings is 1. The molecule has 3 fully saturated rings. The molecule has 0 aliphatic carbocycles. The molecule has 3 aliphatic rings. The Labute approximate surface area is 186 Å². The highest BCUT2D eigenvalue weighted by Crippen LogP contribution is 2.31. The Hall–Kier alpha value is -1.30. The van der Waals surface area contributed by atoms with Crippen molar-refractivity contribution in [3.63, 3.8) is 0 Å². The molecule has 30 heavy (non-hydrogen) atoms. The molecule has 0 spiro atoms. The van der Waals surface area contributed by atoms with E-state index in [0.29, 0.717) is 18.1 Å². The Morgan fingerprint density at radius 3 is 2.40 bits per heavy atom. The quantitative estimate of drug-likeness (QED) is 0.706. The molecule has 1 aromatic rings. The number of carbonyl (C=O) groups is 1. The van der Waals surface area contributed by atoms with Gasteiger partial charge in [-0.2, -0.15) is 0 Å². The second-order valence-electron chi connectivity index (χ2n) is 10.2. The van der Waals surface area contributed by atoms with Crippen LogP contribution in [0.2, 0.25) is 5.02 Å². The summed E-state index contributed by atoms with van der Waals surface area (Å²) in [7, 11) is 0. The first kappa shape index (κ1) is 21.9. The van der Waals surface area contributed by atoms with E-state index < -0.39 is 5.60 Å². The fraction of sp³-hybridized carbons (Fsp3) is 0.708. The van der Waals surface area contributed by atoms with Crippen molar-refractivity contribution in [3.05, 3.63) is 34.9 Å².